The van der Waals surface area contributed by atoms with Crippen molar-refractivity contribution in [1.29, 1.82) is 0 Å². The summed E-state index contributed by atoms with van der Waals surface area (Å²) in [6, 6.07) is 113. The summed E-state index contributed by atoms with van der Waals surface area (Å²) < 4.78 is 5.53. The van der Waals surface area contributed by atoms with E-state index in [1.165, 1.54) is 16.7 Å². The average molecular weight is 1310 g/mol. The SMILES string of the molecule is Brc1cccc(-c2ccc3ccc4ccc(-c5ccccc5)nc4c3n2)c1.c1ccc(-c2ccc3ccc4ccc(-c5cccc(N6c7ccccc7-c7ccccc7-n7c6nc6ccccc67)c5)nc4c3n2)cc1.c1ccc2c(c1)Nc1nc3ccccc3n1-c1ccccc1-2. The van der Waals surface area contributed by atoms with Gasteiger partial charge in [-0.05, 0) is 97.1 Å². The molecule has 20 rings (SSSR count). The van der Waals surface area contributed by atoms with E-state index in [1.54, 1.807) is 0 Å². The first-order chi connectivity index (χ1) is 48.0. The minimum Gasteiger partial charge on any atom is -0.325 e. The Kier molecular flexibility index (Phi) is 14.1. The highest BCUT2D eigenvalue weighted by atomic mass is 79.9. The van der Waals surface area contributed by atoms with Crippen LogP contribution in [0.15, 0.2) is 332 Å². The van der Waals surface area contributed by atoms with Gasteiger partial charge in [0.15, 0.2) is 0 Å². The molecule has 11 heteroatoms. The number of para-hydroxylation sites is 8. The molecule has 0 saturated heterocycles. The molecule has 6 aromatic heterocycles. The highest BCUT2D eigenvalue weighted by molar-refractivity contribution is 9.10. The van der Waals surface area contributed by atoms with Crippen LogP contribution in [0.1, 0.15) is 0 Å². The summed E-state index contributed by atoms with van der Waals surface area (Å²) in [5.41, 5.74) is 26.0. The number of anilines is 5. The van der Waals surface area contributed by atoms with Gasteiger partial charge in [0, 0.05) is 81.9 Å². The lowest BCUT2D eigenvalue weighted by atomic mass is 10.0. The summed E-state index contributed by atoms with van der Waals surface area (Å²) in [4.78, 5) is 32.6. The van der Waals surface area contributed by atoms with Crippen molar-refractivity contribution >= 4 is 111 Å². The fourth-order valence-corrected chi connectivity index (χ4v) is 14.0. The van der Waals surface area contributed by atoms with Gasteiger partial charge in [0.25, 0.3) is 0 Å². The molecule has 0 bridgehead atoms. The molecule has 8 heterocycles. The molecule has 2 aliphatic rings. The lowest BCUT2D eigenvalue weighted by molar-refractivity contribution is 1.05. The minimum atomic E-state index is 0.848. The number of nitrogens with zero attached hydrogens (tertiary/aromatic N) is 9. The smallest absolute Gasteiger partial charge is 0.220 e. The maximum atomic E-state index is 5.27. The summed E-state index contributed by atoms with van der Waals surface area (Å²) in [7, 11) is 0. The van der Waals surface area contributed by atoms with Crippen LogP contribution in [0.2, 0.25) is 0 Å². The van der Waals surface area contributed by atoms with E-state index in [0.717, 1.165) is 161 Å². The number of rotatable bonds is 5. The lowest BCUT2D eigenvalue weighted by Gasteiger charge is -2.25. The second-order valence-corrected chi connectivity index (χ2v) is 25.0. The van der Waals surface area contributed by atoms with Crippen LogP contribution in [-0.4, -0.2) is 39.0 Å². The van der Waals surface area contributed by atoms with E-state index in [2.05, 4.69) is 290 Å². The Hall–Kier alpha value is -12.7. The minimum absolute atomic E-state index is 0.848. The summed E-state index contributed by atoms with van der Waals surface area (Å²) in [5, 5.41) is 7.82. The highest BCUT2D eigenvalue weighted by Gasteiger charge is 2.30. The first-order valence-electron chi connectivity index (χ1n) is 32.3. The van der Waals surface area contributed by atoms with E-state index in [1.807, 2.05) is 72.8 Å². The Morgan fingerprint density at radius 1 is 0.278 bits per heavy atom. The van der Waals surface area contributed by atoms with Crippen molar-refractivity contribution in [3.63, 3.8) is 0 Å². The van der Waals surface area contributed by atoms with Gasteiger partial charge in [-0.1, -0.05) is 246 Å². The van der Waals surface area contributed by atoms with Gasteiger partial charge in [-0.2, -0.15) is 0 Å². The number of imidazole rings is 2. The third-order valence-corrected chi connectivity index (χ3v) is 18.7. The van der Waals surface area contributed by atoms with Gasteiger partial charge in [-0.3, -0.25) is 14.0 Å². The number of hydrogen-bond acceptors (Lipinski definition) is 8. The molecule has 456 valence electrons. The van der Waals surface area contributed by atoms with Crippen LogP contribution < -0.4 is 10.2 Å². The molecule has 0 radical (unpaired) electrons. The van der Waals surface area contributed by atoms with Gasteiger partial charge in [-0.25, -0.2) is 29.9 Å². The molecule has 0 saturated carbocycles. The number of halogens is 1. The van der Waals surface area contributed by atoms with Crippen LogP contribution >= 0.6 is 15.9 Å². The zero-order valence-electron chi connectivity index (χ0n) is 52.1. The normalized spacial score (nSPS) is 11.8. The highest BCUT2D eigenvalue weighted by Crippen LogP contribution is 2.48. The lowest BCUT2D eigenvalue weighted by Crippen LogP contribution is -2.14. The second kappa shape index (κ2) is 24.0. The Balaban J connectivity index is 0.000000117. The van der Waals surface area contributed by atoms with E-state index in [4.69, 9.17) is 29.9 Å². The molecule has 0 aliphatic carbocycles. The monoisotopic (exact) mass is 1310 g/mol. The topological polar surface area (TPSA) is 102 Å². The zero-order chi connectivity index (χ0) is 64.3. The average Bonchev–Trinajstić information content (AvgIpc) is 1.60. The van der Waals surface area contributed by atoms with Crippen LogP contribution in [0.5, 0.6) is 0 Å². The van der Waals surface area contributed by atoms with E-state index < -0.39 is 0 Å². The fraction of sp³-hybridized carbons (Fsp3) is 0. The van der Waals surface area contributed by atoms with Crippen molar-refractivity contribution in [3.8, 4) is 78.7 Å². The molecule has 18 aromatic rings. The van der Waals surface area contributed by atoms with E-state index in [0.29, 0.717) is 0 Å². The van der Waals surface area contributed by atoms with Crippen molar-refractivity contribution in [1.82, 2.24) is 39.0 Å². The largest absolute Gasteiger partial charge is 0.325 e. The number of benzene rings is 12. The molecule has 0 spiro atoms. The molecule has 12 aromatic carbocycles. The number of aromatic nitrogens is 8. The summed E-state index contributed by atoms with van der Waals surface area (Å²) in [6.07, 6.45) is 0. The van der Waals surface area contributed by atoms with Gasteiger partial charge in [0.1, 0.15) is 0 Å². The first-order valence-corrected chi connectivity index (χ1v) is 33.1. The summed E-state index contributed by atoms with van der Waals surface area (Å²) >= 11 is 3.54. The maximum absolute atomic E-state index is 5.27. The molecule has 97 heavy (non-hydrogen) atoms. The van der Waals surface area contributed by atoms with Crippen molar-refractivity contribution in [2.24, 2.45) is 0 Å². The molecule has 1 N–H and O–H groups in total. The Morgan fingerprint density at radius 3 is 1.23 bits per heavy atom. The van der Waals surface area contributed by atoms with Crippen molar-refractivity contribution in [2.75, 3.05) is 10.2 Å². The first kappa shape index (κ1) is 57.0. The molecule has 0 atom stereocenters. The molecule has 10 nitrogen and oxygen atoms in total. The number of hydrogen-bond donors (Lipinski definition) is 1. The van der Waals surface area contributed by atoms with Crippen LogP contribution in [0.3, 0.4) is 0 Å². The number of pyridine rings is 4. The predicted molar refractivity (Wildman–Crippen MR) is 402 cm³/mol. The summed E-state index contributed by atoms with van der Waals surface area (Å²) in [6.45, 7) is 0. The molecule has 0 fully saturated rings. The van der Waals surface area contributed by atoms with E-state index in [-0.39, 0.29) is 0 Å². The summed E-state index contributed by atoms with van der Waals surface area (Å²) in [5.74, 6) is 1.71. The third-order valence-electron chi connectivity index (χ3n) is 18.2. The predicted octanol–water partition coefficient (Wildman–Crippen LogP) is 22.5. The standard InChI is InChI=1S/C43H27N5.C24H15BrN2.C19H13N3/c1-2-11-28(12-3-1)35-25-23-29-21-22-30-24-26-36(45-42(30)41(29)44-35)31-13-10-14-32(27-31)47-38-18-7-4-15-33(38)34-16-5-8-19-39(34)48-40-20-9-6-17-37(40)46-43(47)48;25-20-8-4-7-19(15-20)22-14-12-18-10-9-17-11-13-21(16-5-2-1-3-6-16)26-23(17)24(18)27-22;1-3-9-15-13(7-1)14-8-2-5-11-17(14)22-18-12-6-4-10-16(18)21-19(22)20-15/h1-27H;1-15H;1-12H,(H,20,21). The van der Waals surface area contributed by atoms with Gasteiger partial charge >= 0.3 is 0 Å². The Morgan fingerprint density at radius 2 is 0.670 bits per heavy atom. The maximum Gasteiger partial charge on any atom is 0.220 e. The molecule has 0 unspecified atom stereocenters. The van der Waals surface area contributed by atoms with E-state index in [9.17, 15) is 0 Å². The van der Waals surface area contributed by atoms with Crippen LogP contribution in [0.25, 0.3) is 144 Å². The molecular weight excluding hydrogens is 1250 g/mol. The quantitative estimate of drug-likeness (QED) is 0.170. The van der Waals surface area contributed by atoms with Gasteiger partial charge in [0.05, 0.1) is 84.0 Å². The van der Waals surface area contributed by atoms with E-state index >= 15 is 0 Å². The Bertz CT molecular complexity index is 6100. The van der Waals surface area contributed by atoms with Crippen molar-refractivity contribution in [3.05, 3.63) is 332 Å². The number of nitrogens with one attached hydrogen (secondary N) is 1. The third kappa shape index (κ3) is 10.3. The molecule has 2 aliphatic heterocycles. The molecular formula is C86H55BrN10. The van der Waals surface area contributed by atoms with Crippen LogP contribution in [0, 0.1) is 0 Å². The molecule has 0 amide bonds. The van der Waals surface area contributed by atoms with Crippen molar-refractivity contribution in [2.45, 2.75) is 0 Å². The van der Waals surface area contributed by atoms with Gasteiger partial charge < -0.3 is 5.32 Å². The second-order valence-electron chi connectivity index (χ2n) is 24.0. The van der Waals surface area contributed by atoms with Gasteiger partial charge in [0.2, 0.25) is 11.9 Å². The number of fused-ring (bicyclic) bond motifs is 20. The zero-order valence-corrected chi connectivity index (χ0v) is 53.7. The van der Waals surface area contributed by atoms with Gasteiger partial charge in [-0.15, -0.1) is 0 Å². The van der Waals surface area contributed by atoms with Crippen LogP contribution in [-0.2, 0) is 0 Å². The van der Waals surface area contributed by atoms with Crippen LogP contribution in [0.4, 0.5) is 29.0 Å². The fourth-order valence-electron chi connectivity index (χ4n) is 13.6. The van der Waals surface area contributed by atoms with Crippen molar-refractivity contribution < 1.29 is 0 Å². The Labute approximate surface area is 566 Å².